The number of hydrogen-bond acceptors (Lipinski definition) is 4. The Bertz CT molecular complexity index is 461. The highest BCUT2D eigenvalue weighted by Crippen LogP contribution is 2.19. The Morgan fingerprint density at radius 3 is 2.62 bits per heavy atom. The third-order valence-electron chi connectivity index (χ3n) is 3.38. The van der Waals surface area contributed by atoms with Crippen LogP contribution in [0.25, 0.3) is 0 Å². The predicted octanol–water partition coefficient (Wildman–Crippen LogP) is 2.48. The zero-order chi connectivity index (χ0) is 15.8. The van der Waals surface area contributed by atoms with Crippen LogP contribution in [0.1, 0.15) is 55.6 Å². The zero-order valence-electron chi connectivity index (χ0n) is 13.5. The number of aromatic nitrogens is 1. The smallest absolute Gasteiger partial charge is 0.254 e. The molecule has 0 saturated heterocycles. The Labute approximate surface area is 127 Å². The summed E-state index contributed by atoms with van der Waals surface area (Å²) in [7, 11) is 1.79. The molecule has 0 unspecified atom stereocenters. The molecule has 0 radical (unpaired) electrons. The number of carbonyl (C=O) groups excluding carboxylic acids is 1. The van der Waals surface area contributed by atoms with Crippen LogP contribution in [0.2, 0.25) is 0 Å². The summed E-state index contributed by atoms with van der Waals surface area (Å²) in [6.07, 6.45) is 1.96. The van der Waals surface area contributed by atoms with E-state index in [1.807, 2.05) is 6.07 Å². The monoisotopic (exact) mass is 293 g/mol. The molecule has 0 atom stereocenters. The van der Waals surface area contributed by atoms with Crippen LogP contribution in [0.5, 0.6) is 0 Å². The summed E-state index contributed by atoms with van der Waals surface area (Å²) >= 11 is 0. The van der Waals surface area contributed by atoms with Crippen molar-refractivity contribution in [1.29, 1.82) is 0 Å². The van der Waals surface area contributed by atoms with Crippen LogP contribution in [-0.2, 0) is 0 Å². The molecule has 0 aliphatic carbocycles. The van der Waals surface area contributed by atoms with Gasteiger partial charge in [-0.1, -0.05) is 27.2 Å². The maximum atomic E-state index is 12.6. The Hall–Kier alpha value is -1.62. The second-order valence-corrected chi connectivity index (χ2v) is 5.44. The molecule has 5 nitrogen and oxygen atoms in total. The van der Waals surface area contributed by atoms with E-state index in [-0.39, 0.29) is 18.4 Å². The lowest BCUT2D eigenvalue weighted by Crippen LogP contribution is -2.34. The number of hydrogen-bond donors (Lipinski definition) is 2. The van der Waals surface area contributed by atoms with E-state index in [0.29, 0.717) is 24.5 Å². The van der Waals surface area contributed by atoms with E-state index in [0.717, 1.165) is 18.5 Å². The van der Waals surface area contributed by atoms with Crippen molar-refractivity contribution >= 4 is 11.7 Å². The molecule has 1 aromatic rings. The molecule has 21 heavy (non-hydrogen) atoms. The van der Waals surface area contributed by atoms with Gasteiger partial charge >= 0.3 is 0 Å². The van der Waals surface area contributed by atoms with E-state index < -0.39 is 0 Å². The van der Waals surface area contributed by atoms with Gasteiger partial charge in [0.25, 0.3) is 5.91 Å². The number of anilines is 1. The fourth-order valence-electron chi connectivity index (χ4n) is 2.07. The van der Waals surface area contributed by atoms with Crippen molar-refractivity contribution in [3.05, 3.63) is 23.4 Å². The fraction of sp³-hybridized carbons (Fsp3) is 0.625. The summed E-state index contributed by atoms with van der Waals surface area (Å²) in [4.78, 5) is 18.8. The van der Waals surface area contributed by atoms with Gasteiger partial charge in [0, 0.05) is 31.4 Å². The van der Waals surface area contributed by atoms with Crippen molar-refractivity contribution < 1.29 is 9.90 Å². The van der Waals surface area contributed by atoms with Crippen molar-refractivity contribution in [3.63, 3.8) is 0 Å². The third kappa shape index (κ3) is 5.01. The Balaban J connectivity index is 3.04. The number of pyridine rings is 1. The first kappa shape index (κ1) is 17.4. The number of nitrogens with one attached hydrogen (secondary N) is 1. The Morgan fingerprint density at radius 2 is 2.10 bits per heavy atom. The van der Waals surface area contributed by atoms with Gasteiger partial charge in [-0.2, -0.15) is 0 Å². The minimum Gasteiger partial charge on any atom is -0.395 e. The van der Waals surface area contributed by atoms with Gasteiger partial charge in [0.15, 0.2) is 0 Å². The van der Waals surface area contributed by atoms with Gasteiger partial charge in [-0.05, 0) is 24.5 Å². The van der Waals surface area contributed by atoms with E-state index in [4.69, 9.17) is 5.11 Å². The van der Waals surface area contributed by atoms with Gasteiger partial charge in [-0.15, -0.1) is 0 Å². The summed E-state index contributed by atoms with van der Waals surface area (Å²) in [5.74, 6) is 0.911. The molecule has 1 rings (SSSR count). The summed E-state index contributed by atoms with van der Waals surface area (Å²) in [6.45, 7) is 7.22. The number of aliphatic hydroxyl groups excluding tert-OH is 1. The lowest BCUT2D eigenvalue weighted by molar-refractivity contribution is 0.0719. The van der Waals surface area contributed by atoms with Crippen LogP contribution < -0.4 is 5.32 Å². The van der Waals surface area contributed by atoms with Crippen LogP contribution in [0.15, 0.2) is 12.1 Å². The van der Waals surface area contributed by atoms with E-state index >= 15 is 0 Å². The Morgan fingerprint density at radius 1 is 1.38 bits per heavy atom. The SMILES string of the molecule is CCCCN(CCO)C(=O)c1cc(NC)nc(C(C)C)c1. The summed E-state index contributed by atoms with van der Waals surface area (Å²) in [6, 6.07) is 3.62. The molecule has 0 saturated carbocycles. The molecule has 118 valence electrons. The highest BCUT2D eigenvalue weighted by molar-refractivity contribution is 5.95. The lowest BCUT2D eigenvalue weighted by atomic mass is 10.1. The molecule has 2 N–H and O–H groups in total. The Kier molecular flexibility index (Phi) is 7.15. The quantitative estimate of drug-likeness (QED) is 0.773. The molecular weight excluding hydrogens is 266 g/mol. The lowest BCUT2D eigenvalue weighted by Gasteiger charge is -2.22. The molecule has 1 aromatic heterocycles. The summed E-state index contributed by atoms with van der Waals surface area (Å²) in [5, 5.41) is 12.2. The standard InChI is InChI=1S/C16H27N3O2/c1-5-6-7-19(8-9-20)16(21)13-10-14(12(2)3)18-15(11-13)17-4/h10-12,20H,5-9H2,1-4H3,(H,17,18). The molecule has 1 heterocycles. The predicted molar refractivity (Wildman–Crippen MR) is 85.8 cm³/mol. The molecular formula is C16H27N3O2. The summed E-state index contributed by atoms with van der Waals surface area (Å²) in [5.41, 5.74) is 1.52. The van der Waals surface area contributed by atoms with Crippen molar-refractivity contribution in [2.24, 2.45) is 0 Å². The fourth-order valence-corrected chi connectivity index (χ4v) is 2.07. The van der Waals surface area contributed by atoms with Crippen LogP contribution in [0.3, 0.4) is 0 Å². The second-order valence-electron chi connectivity index (χ2n) is 5.44. The topological polar surface area (TPSA) is 65.5 Å². The number of carbonyl (C=O) groups is 1. The molecule has 1 amide bonds. The van der Waals surface area contributed by atoms with E-state index in [1.54, 1.807) is 18.0 Å². The zero-order valence-corrected chi connectivity index (χ0v) is 13.5. The van der Waals surface area contributed by atoms with Crippen LogP contribution >= 0.6 is 0 Å². The van der Waals surface area contributed by atoms with Gasteiger partial charge in [0.2, 0.25) is 0 Å². The van der Waals surface area contributed by atoms with Crippen LogP contribution in [-0.4, -0.2) is 47.6 Å². The third-order valence-corrected chi connectivity index (χ3v) is 3.38. The van der Waals surface area contributed by atoms with Gasteiger partial charge < -0.3 is 15.3 Å². The summed E-state index contributed by atoms with van der Waals surface area (Å²) < 4.78 is 0. The average molecular weight is 293 g/mol. The second kappa shape index (κ2) is 8.62. The van der Waals surface area contributed by atoms with E-state index in [1.165, 1.54) is 0 Å². The molecule has 0 aliphatic heterocycles. The van der Waals surface area contributed by atoms with Gasteiger partial charge in [0.1, 0.15) is 5.82 Å². The van der Waals surface area contributed by atoms with E-state index in [9.17, 15) is 4.79 Å². The van der Waals surface area contributed by atoms with Crippen LogP contribution in [0.4, 0.5) is 5.82 Å². The first-order chi connectivity index (χ1) is 10.0. The van der Waals surface area contributed by atoms with E-state index in [2.05, 4.69) is 31.1 Å². The first-order valence-electron chi connectivity index (χ1n) is 7.63. The number of amides is 1. The molecule has 0 aliphatic rings. The van der Waals surface area contributed by atoms with Crippen LogP contribution in [0, 0.1) is 0 Å². The molecule has 0 fully saturated rings. The molecule has 0 spiro atoms. The van der Waals surface area contributed by atoms with Gasteiger partial charge in [-0.3, -0.25) is 4.79 Å². The maximum absolute atomic E-state index is 12.6. The van der Waals surface area contributed by atoms with Crippen molar-refractivity contribution in [1.82, 2.24) is 9.88 Å². The van der Waals surface area contributed by atoms with Gasteiger partial charge in [-0.25, -0.2) is 4.98 Å². The maximum Gasteiger partial charge on any atom is 0.254 e. The minimum absolute atomic E-state index is 0.0174. The van der Waals surface area contributed by atoms with Crippen molar-refractivity contribution in [3.8, 4) is 0 Å². The number of aliphatic hydroxyl groups is 1. The van der Waals surface area contributed by atoms with Crippen molar-refractivity contribution in [2.75, 3.05) is 32.1 Å². The highest BCUT2D eigenvalue weighted by Gasteiger charge is 2.17. The minimum atomic E-state index is -0.0432. The molecule has 0 bridgehead atoms. The number of nitrogens with zero attached hydrogens (tertiary/aromatic N) is 2. The normalized spacial score (nSPS) is 10.8. The molecule has 5 heteroatoms. The highest BCUT2D eigenvalue weighted by atomic mass is 16.3. The van der Waals surface area contributed by atoms with Gasteiger partial charge in [0.05, 0.1) is 6.61 Å². The number of rotatable bonds is 8. The van der Waals surface area contributed by atoms with Crippen molar-refractivity contribution in [2.45, 2.75) is 39.5 Å². The first-order valence-corrected chi connectivity index (χ1v) is 7.63. The number of unbranched alkanes of at least 4 members (excludes halogenated alkanes) is 1. The average Bonchev–Trinajstić information content (AvgIpc) is 2.50. The molecule has 0 aromatic carbocycles. The largest absolute Gasteiger partial charge is 0.395 e.